The number of aryl methyl sites for hydroxylation is 1. The molecule has 6 heteroatoms. The summed E-state index contributed by atoms with van der Waals surface area (Å²) in [5, 5.41) is 3.14. The number of nitrogens with one attached hydrogen (secondary N) is 1. The SMILES string of the molecule is Cn1ccc(C(=O)N2CCCN(C(=O)NC3CCCC3)CC2)c1. The molecule has 23 heavy (non-hydrogen) atoms. The van der Waals surface area contributed by atoms with Crippen LogP contribution < -0.4 is 5.32 Å². The minimum Gasteiger partial charge on any atom is -0.356 e. The average molecular weight is 318 g/mol. The first kappa shape index (κ1) is 15.9. The monoisotopic (exact) mass is 318 g/mol. The lowest BCUT2D eigenvalue weighted by molar-refractivity contribution is 0.0762. The van der Waals surface area contributed by atoms with Crippen LogP contribution in [0.1, 0.15) is 42.5 Å². The van der Waals surface area contributed by atoms with E-state index in [-0.39, 0.29) is 11.9 Å². The fourth-order valence-electron chi connectivity index (χ4n) is 3.47. The lowest BCUT2D eigenvalue weighted by Gasteiger charge is -2.24. The second-order valence-corrected chi connectivity index (χ2v) is 6.63. The van der Waals surface area contributed by atoms with Gasteiger partial charge in [0.15, 0.2) is 0 Å². The first-order chi connectivity index (χ1) is 11.1. The molecule has 1 saturated carbocycles. The molecule has 1 aromatic heterocycles. The number of urea groups is 1. The summed E-state index contributed by atoms with van der Waals surface area (Å²) in [4.78, 5) is 28.6. The van der Waals surface area contributed by atoms with Crippen molar-refractivity contribution in [2.45, 2.75) is 38.1 Å². The summed E-state index contributed by atoms with van der Waals surface area (Å²) in [5.41, 5.74) is 0.719. The molecule has 0 spiro atoms. The molecule has 0 radical (unpaired) electrons. The maximum Gasteiger partial charge on any atom is 0.317 e. The lowest BCUT2D eigenvalue weighted by atomic mass is 10.2. The highest BCUT2D eigenvalue weighted by molar-refractivity contribution is 5.94. The molecule has 0 unspecified atom stereocenters. The Bertz CT molecular complexity index is 563. The Morgan fingerprint density at radius 3 is 2.43 bits per heavy atom. The largest absolute Gasteiger partial charge is 0.356 e. The van der Waals surface area contributed by atoms with Crippen LogP contribution in [0.5, 0.6) is 0 Å². The molecule has 126 valence electrons. The molecule has 2 aliphatic rings. The molecule has 2 heterocycles. The second-order valence-electron chi connectivity index (χ2n) is 6.63. The van der Waals surface area contributed by atoms with Crippen LogP contribution in [-0.4, -0.2) is 58.5 Å². The summed E-state index contributed by atoms with van der Waals surface area (Å²) in [6.45, 7) is 2.64. The third-order valence-corrected chi connectivity index (χ3v) is 4.83. The summed E-state index contributed by atoms with van der Waals surface area (Å²) >= 11 is 0. The number of hydrogen-bond acceptors (Lipinski definition) is 2. The van der Waals surface area contributed by atoms with E-state index in [4.69, 9.17) is 0 Å². The number of amides is 3. The lowest BCUT2D eigenvalue weighted by Crippen LogP contribution is -2.45. The van der Waals surface area contributed by atoms with E-state index in [0.717, 1.165) is 31.4 Å². The maximum absolute atomic E-state index is 12.5. The molecular formula is C17H26N4O2. The molecule has 3 rings (SSSR count). The summed E-state index contributed by atoms with van der Waals surface area (Å²) in [5.74, 6) is 0.0589. The van der Waals surface area contributed by atoms with Crippen molar-refractivity contribution in [2.24, 2.45) is 7.05 Å². The summed E-state index contributed by atoms with van der Waals surface area (Å²) in [6.07, 6.45) is 9.17. The first-order valence-corrected chi connectivity index (χ1v) is 8.60. The van der Waals surface area contributed by atoms with Crippen molar-refractivity contribution in [2.75, 3.05) is 26.2 Å². The average Bonchev–Trinajstić information content (AvgIpc) is 3.12. The molecule has 6 nitrogen and oxygen atoms in total. The van der Waals surface area contributed by atoms with E-state index >= 15 is 0 Å². The van der Waals surface area contributed by atoms with Gasteiger partial charge in [-0.3, -0.25) is 4.79 Å². The van der Waals surface area contributed by atoms with Crippen molar-refractivity contribution in [3.05, 3.63) is 24.0 Å². The summed E-state index contributed by atoms with van der Waals surface area (Å²) in [6, 6.07) is 2.22. The van der Waals surface area contributed by atoms with Crippen molar-refractivity contribution < 1.29 is 9.59 Å². The number of hydrogen-bond donors (Lipinski definition) is 1. The Morgan fingerprint density at radius 1 is 1.04 bits per heavy atom. The standard InChI is InChI=1S/C17H26N4O2/c1-19-10-7-14(13-19)16(22)20-8-4-9-21(12-11-20)17(23)18-15-5-2-3-6-15/h7,10,13,15H,2-6,8-9,11-12H2,1H3,(H,18,23). The highest BCUT2D eigenvalue weighted by Crippen LogP contribution is 2.18. The van der Waals surface area contributed by atoms with E-state index in [2.05, 4.69) is 5.32 Å². The molecule has 1 aliphatic heterocycles. The van der Waals surface area contributed by atoms with E-state index in [9.17, 15) is 9.59 Å². The molecule has 1 saturated heterocycles. The maximum atomic E-state index is 12.5. The van der Waals surface area contributed by atoms with Gasteiger partial charge in [-0.2, -0.15) is 0 Å². The van der Waals surface area contributed by atoms with Crippen molar-refractivity contribution in [1.29, 1.82) is 0 Å². The zero-order valence-corrected chi connectivity index (χ0v) is 13.8. The van der Waals surface area contributed by atoms with Gasteiger partial charge in [-0.1, -0.05) is 12.8 Å². The first-order valence-electron chi connectivity index (χ1n) is 8.60. The van der Waals surface area contributed by atoms with Crippen molar-refractivity contribution in [3.8, 4) is 0 Å². The van der Waals surface area contributed by atoms with Crippen LogP contribution >= 0.6 is 0 Å². The topological polar surface area (TPSA) is 57.6 Å². The third-order valence-electron chi connectivity index (χ3n) is 4.83. The highest BCUT2D eigenvalue weighted by Gasteiger charge is 2.25. The molecular weight excluding hydrogens is 292 g/mol. The Labute approximate surface area is 137 Å². The van der Waals surface area contributed by atoms with Crippen molar-refractivity contribution in [1.82, 2.24) is 19.7 Å². The van der Waals surface area contributed by atoms with Gasteiger partial charge in [0.25, 0.3) is 5.91 Å². The van der Waals surface area contributed by atoms with Crippen LogP contribution in [0.15, 0.2) is 18.5 Å². The van der Waals surface area contributed by atoms with Crippen LogP contribution in [0.3, 0.4) is 0 Å². The molecule has 1 aliphatic carbocycles. The van der Waals surface area contributed by atoms with Crippen LogP contribution in [0.4, 0.5) is 4.79 Å². The predicted molar refractivity (Wildman–Crippen MR) is 88.3 cm³/mol. The Hall–Kier alpha value is -1.98. The van der Waals surface area contributed by atoms with Gasteiger partial charge in [0.1, 0.15) is 0 Å². The summed E-state index contributed by atoms with van der Waals surface area (Å²) in [7, 11) is 1.91. The van der Waals surface area contributed by atoms with E-state index in [1.165, 1.54) is 12.8 Å². The highest BCUT2D eigenvalue weighted by atomic mass is 16.2. The predicted octanol–water partition coefficient (Wildman–Crippen LogP) is 1.83. The Morgan fingerprint density at radius 2 is 1.74 bits per heavy atom. The van der Waals surface area contributed by atoms with Gasteiger partial charge < -0.3 is 19.7 Å². The fraction of sp³-hybridized carbons (Fsp3) is 0.647. The van der Waals surface area contributed by atoms with Gasteiger partial charge in [-0.05, 0) is 25.3 Å². The third kappa shape index (κ3) is 3.86. The number of carbonyl (C=O) groups excluding carboxylic acids is 2. The zero-order valence-electron chi connectivity index (χ0n) is 13.8. The van der Waals surface area contributed by atoms with Gasteiger partial charge in [-0.25, -0.2) is 4.79 Å². The van der Waals surface area contributed by atoms with Gasteiger partial charge in [0.2, 0.25) is 0 Å². The molecule has 0 aromatic carbocycles. The van der Waals surface area contributed by atoms with E-state index in [1.54, 1.807) is 0 Å². The van der Waals surface area contributed by atoms with E-state index in [1.807, 2.05) is 39.9 Å². The van der Waals surface area contributed by atoms with E-state index < -0.39 is 0 Å². The Kier molecular flexibility index (Phi) is 4.88. The van der Waals surface area contributed by atoms with Crippen LogP contribution in [0.25, 0.3) is 0 Å². The van der Waals surface area contributed by atoms with Gasteiger partial charge in [0, 0.05) is 51.7 Å². The minimum atomic E-state index is 0.0333. The quantitative estimate of drug-likeness (QED) is 0.904. The van der Waals surface area contributed by atoms with Crippen LogP contribution in [-0.2, 0) is 7.05 Å². The van der Waals surface area contributed by atoms with Crippen LogP contribution in [0, 0.1) is 0 Å². The molecule has 2 fully saturated rings. The zero-order chi connectivity index (χ0) is 16.2. The number of aromatic nitrogens is 1. The van der Waals surface area contributed by atoms with E-state index in [0.29, 0.717) is 25.7 Å². The van der Waals surface area contributed by atoms with Gasteiger partial charge >= 0.3 is 6.03 Å². The number of rotatable bonds is 2. The minimum absolute atomic E-state index is 0.0333. The summed E-state index contributed by atoms with van der Waals surface area (Å²) < 4.78 is 1.88. The van der Waals surface area contributed by atoms with Gasteiger partial charge in [0.05, 0.1) is 5.56 Å². The van der Waals surface area contributed by atoms with Crippen molar-refractivity contribution >= 4 is 11.9 Å². The number of nitrogens with zero attached hydrogens (tertiary/aromatic N) is 3. The van der Waals surface area contributed by atoms with Crippen molar-refractivity contribution in [3.63, 3.8) is 0 Å². The molecule has 0 bridgehead atoms. The normalized spacial score (nSPS) is 19.7. The molecule has 1 aromatic rings. The Balaban J connectivity index is 1.54. The van der Waals surface area contributed by atoms with Gasteiger partial charge in [-0.15, -0.1) is 0 Å². The fourth-order valence-corrected chi connectivity index (χ4v) is 3.47. The smallest absolute Gasteiger partial charge is 0.317 e. The molecule has 1 N–H and O–H groups in total. The van der Waals surface area contributed by atoms with Crippen LogP contribution in [0.2, 0.25) is 0 Å². The second kappa shape index (κ2) is 7.06. The molecule has 3 amide bonds. The molecule has 0 atom stereocenters. The number of carbonyl (C=O) groups is 2.